The van der Waals surface area contributed by atoms with Gasteiger partial charge in [-0.1, -0.05) is 12.1 Å². The molecule has 0 unspecified atom stereocenters. The van der Waals surface area contributed by atoms with Crippen molar-refractivity contribution >= 4 is 5.78 Å². The number of hydrogen-bond donors (Lipinski definition) is 1. The van der Waals surface area contributed by atoms with Crippen LogP contribution in [0.2, 0.25) is 0 Å². The lowest BCUT2D eigenvalue weighted by atomic mass is 10.1. The molecule has 0 fully saturated rings. The normalized spacial score (nSPS) is 10.5. The summed E-state index contributed by atoms with van der Waals surface area (Å²) in [6.45, 7) is -0.681. The number of allylic oxidation sites excluding steroid dienone is 2. The molecule has 3 heteroatoms. The van der Waals surface area contributed by atoms with Crippen molar-refractivity contribution in [1.29, 1.82) is 0 Å². The molecule has 0 spiro atoms. The van der Waals surface area contributed by atoms with Gasteiger partial charge in [0.1, 0.15) is 12.4 Å². The molecule has 0 heterocycles. The Hall–Kier alpha value is -1.64. The summed E-state index contributed by atoms with van der Waals surface area (Å²) in [6, 6.07) is 6.15. The number of benzene rings is 1. The Labute approximate surface area is 75.3 Å². The molecule has 0 aliphatic heterocycles. The number of halogens is 1. The Bertz CT molecular complexity index is 331. The van der Waals surface area contributed by atoms with E-state index in [0.29, 0.717) is 0 Å². The van der Waals surface area contributed by atoms with Crippen molar-refractivity contribution in [2.75, 3.05) is 6.67 Å². The highest BCUT2D eigenvalue weighted by molar-refractivity contribution is 6.06. The third-order valence-corrected chi connectivity index (χ3v) is 1.53. The topological polar surface area (TPSA) is 37.3 Å². The van der Waals surface area contributed by atoms with Crippen LogP contribution in [0.3, 0.4) is 0 Å². The molecule has 0 amide bonds. The Balaban J connectivity index is 2.89. The smallest absolute Gasteiger partial charge is 0.189 e. The van der Waals surface area contributed by atoms with E-state index < -0.39 is 12.5 Å². The summed E-state index contributed by atoms with van der Waals surface area (Å²) >= 11 is 0. The Morgan fingerprint density at radius 1 is 1.46 bits per heavy atom. The molecule has 1 rings (SSSR count). The van der Waals surface area contributed by atoms with Crippen molar-refractivity contribution in [1.82, 2.24) is 0 Å². The van der Waals surface area contributed by atoms with E-state index >= 15 is 0 Å². The van der Waals surface area contributed by atoms with E-state index in [1.807, 2.05) is 0 Å². The Kier molecular flexibility index (Phi) is 3.20. The molecular formula is C10H9FO2. The molecule has 0 aromatic heterocycles. The molecule has 0 aliphatic carbocycles. The number of phenolic OH excluding ortho intramolecular Hbond substituents is 1. The minimum absolute atomic E-state index is 0.0870. The zero-order valence-electron chi connectivity index (χ0n) is 6.90. The summed E-state index contributed by atoms with van der Waals surface area (Å²) in [7, 11) is 0. The van der Waals surface area contributed by atoms with Crippen molar-refractivity contribution in [3.8, 4) is 5.75 Å². The zero-order valence-corrected chi connectivity index (χ0v) is 6.90. The number of ketones is 1. The number of aromatic hydroxyl groups is 1. The second kappa shape index (κ2) is 4.40. The number of rotatable bonds is 3. The monoisotopic (exact) mass is 180 g/mol. The molecule has 0 atom stereocenters. The van der Waals surface area contributed by atoms with Crippen molar-refractivity contribution in [3.05, 3.63) is 42.0 Å². The fourth-order valence-electron chi connectivity index (χ4n) is 0.923. The Morgan fingerprint density at radius 2 is 2.15 bits per heavy atom. The highest BCUT2D eigenvalue weighted by atomic mass is 19.1. The Morgan fingerprint density at radius 3 is 2.77 bits per heavy atom. The average Bonchev–Trinajstić information content (AvgIpc) is 2.15. The van der Waals surface area contributed by atoms with Gasteiger partial charge in [-0.2, -0.15) is 0 Å². The SMILES string of the molecule is O=C(/C=C/CF)c1ccccc1O. The summed E-state index contributed by atoms with van der Waals surface area (Å²) < 4.78 is 11.7. The van der Waals surface area contributed by atoms with Crippen molar-refractivity contribution in [3.63, 3.8) is 0 Å². The van der Waals surface area contributed by atoms with Crippen LogP contribution in [-0.2, 0) is 0 Å². The lowest BCUT2D eigenvalue weighted by molar-refractivity contribution is 0.104. The standard InChI is InChI=1S/C10H9FO2/c11-7-3-6-10(13)8-4-1-2-5-9(8)12/h1-6,12H,7H2/b6-3+. The van der Waals surface area contributed by atoms with E-state index in [1.54, 1.807) is 12.1 Å². The van der Waals surface area contributed by atoms with Crippen LogP contribution in [0.25, 0.3) is 0 Å². The van der Waals surface area contributed by atoms with Crippen LogP contribution in [0.4, 0.5) is 4.39 Å². The fraction of sp³-hybridized carbons (Fsp3) is 0.100. The predicted molar refractivity (Wildman–Crippen MR) is 47.6 cm³/mol. The van der Waals surface area contributed by atoms with Gasteiger partial charge in [-0.25, -0.2) is 4.39 Å². The van der Waals surface area contributed by atoms with Gasteiger partial charge in [-0.15, -0.1) is 0 Å². The van der Waals surface area contributed by atoms with E-state index in [9.17, 15) is 14.3 Å². The quantitative estimate of drug-likeness (QED) is 0.571. The number of para-hydroxylation sites is 1. The molecule has 2 nitrogen and oxygen atoms in total. The van der Waals surface area contributed by atoms with E-state index in [-0.39, 0.29) is 11.3 Å². The summed E-state index contributed by atoms with van der Waals surface area (Å²) in [5.74, 6) is -0.480. The summed E-state index contributed by atoms with van der Waals surface area (Å²) in [4.78, 5) is 11.2. The van der Waals surface area contributed by atoms with Crippen molar-refractivity contribution < 1.29 is 14.3 Å². The minimum Gasteiger partial charge on any atom is -0.507 e. The van der Waals surface area contributed by atoms with Crippen molar-refractivity contribution in [2.45, 2.75) is 0 Å². The number of alkyl halides is 1. The van der Waals surface area contributed by atoms with Crippen molar-refractivity contribution in [2.24, 2.45) is 0 Å². The van der Waals surface area contributed by atoms with Gasteiger partial charge in [-0.05, 0) is 24.3 Å². The maximum absolute atomic E-state index is 11.7. The maximum Gasteiger partial charge on any atom is 0.189 e. The number of carbonyl (C=O) groups excluding carboxylic acids is 1. The maximum atomic E-state index is 11.7. The molecule has 1 aromatic carbocycles. The molecule has 68 valence electrons. The first kappa shape index (κ1) is 9.45. The second-order valence-electron chi connectivity index (χ2n) is 2.44. The van der Waals surface area contributed by atoms with Gasteiger partial charge in [0, 0.05) is 0 Å². The molecule has 0 bridgehead atoms. The molecule has 0 saturated carbocycles. The minimum atomic E-state index is -0.681. The van der Waals surface area contributed by atoms with Crippen LogP contribution in [-0.4, -0.2) is 17.6 Å². The van der Waals surface area contributed by atoms with Crippen LogP contribution in [0, 0.1) is 0 Å². The molecule has 0 radical (unpaired) electrons. The van der Waals surface area contributed by atoms with Gasteiger partial charge in [0.25, 0.3) is 0 Å². The summed E-state index contributed by atoms with van der Waals surface area (Å²) in [5, 5.41) is 9.23. The van der Waals surface area contributed by atoms with Gasteiger partial charge in [0.15, 0.2) is 5.78 Å². The van der Waals surface area contributed by atoms with E-state index in [1.165, 1.54) is 12.1 Å². The molecule has 1 N–H and O–H groups in total. The lowest BCUT2D eigenvalue weighted by Crippen LogP contribution is -1.94. The largest absolute Gasteiger partial charge is 0.507 e. The fourth-order valence-corrected chi connectivity index (χ4v) is 0.923. The molecule has 0 saturated heterocycles. The summed E-state index contributed by atoms with van der Waals surface area (Å²) in [5.41, 5.74) is 0.187. The highest BCUT2D eigenvalue weighted by Crippen LogP contribution is 2.16. The molecule has 1 aromatic rings. The van der Waals surface area contributed by atoms with Crippen LogP contribution >= 0.6 is 0 Å². The first-order valence-electron chi connectivity index (χ1n) is 3.80. The highest BCUT2D eigenvalue weighted by Gasteiger charge is 2.05. The number of phenols is 1. The van der Waals surface area contributed by atoms with E-state index in [4.69, 9.17) is 0 Å². The van der Waals surface area contributed by atoms with Gasteiger partial charge in [0.05, 0.1) is 5.56 Å². The van der Waals surface area contributed by atoms with E-state index in [0.717, 1.165) is 12.2 Å². The van der Waals surface area contributed by atoms with Crippen LogP contribution in [0.5, 0.6) is 5.75 Å². The second-order valence-corrected chi connectivity index (χ2v) is 2.44. The molecule has 13 heavy (non-hydrogen) atoms. The third kappa shape index (κ3) is 2.40. The first-order chi connectivity index (χ1) is 6.25. The van der Waals surface area contributed by atoms with E-state index in [2.05, 4.69) is 0 Å². The van der Waals surface area contributed by atoms with Crippen LogP contribution in [0.1, 0.15) is 10.4 Å². The van der Waals surface area contributed by atoms with Crippen LogP contribution in [0.15, 0.2) is 36.4 Å². The predicted octanol–water partition coefficient (Wildman–Crippen LogP) is 2.10. The first-order valence-corrected chi connectivity index (χ1v) is 3.80. The average molecular weight is 180 g/mol. The van der Waals surface area contributed by atoms with Gasteiger partial charge in [0.2, 0.25) is 0 Å². The summed E-state index contributed by atoms with van der Waals surface area (Å²) in [6.07, 6.45) is 2.21. The van der Waals surface area contributed by atoms with Gasteiger partial charge < -0.3 is 5.11 Å². The lowest BCUT2D eigenvalue weighted by Gasteiger charge is -1.97. The zero-order chi connectivity index (χ0) is 9.68. The number of carbonyl (C=O) groups is 1. The third-order valence-electron chi connectivity index (χ3n) is 1.53. The molecular weight excluding hydrogens is 171 g/mol. The van der Waals surface area contributed by atoms with Gasteiger partial charge in [-0.3, -0.25) is 4.79 Å². The number of hydrogen-bond acceptors (Lipinski definition) is 2. The van der Waals surface area contributed by atoms with Crippen LogP contribution < -0.4 is 0 Å². The molecule has 0 aliphatic rings. The van der Waals surface area contributed by atoms with Gasteiger partial charge >= 0.3 is 0 Å².